The van der Waals surface area contributed by atoms with Crippen LogP contribution in [0.15, 0.2) is 35.0 Å². The maximum absolute atomic E-state index is 3.81. The first-order chi connectivity index (χ1) is 9.59. The van der Waals surface area contributed by atoms with Gasteiger partial charge in [0.1, 0.15) is 0 Å². The molecule has 110 valence electrons. The van der Waals surface area contributed by atoms with E-state index in [0.29, 0.717) is 6.04 Å². The molecule has 2 aromatic rings. The van der Waals surface area contributed by atoms with E-state index in [1.54, 1.807) is 0 Å². The van der Waals surface area contributed by atoms with Crippen LogP contribution in [0.5, 0.6) is 0 Å². The van der Waals surface area contributed by atoms with Crippen molar-refractivity contribution in [1.82, 2.24) is 5.32 Å². The quantitative estimate of drug-likeness (QED) is 0.720. The van der Waals surface area contributed by atoms with Crippen molar-refractivity contribution in [3.05, 3.63) is 44.8 Å². The molecule has 3 heteroatoms. The van der Waals surface area contributed by atoms with Gasteiger partial charge >= 0.3 is 0 Å². The molecule has 0 unspecified atom stereocenters. The molecule has 0 amide bonds. The molecule has 1 N–H and O–H groups in total. The summed E-state index contributed by atoms with van der Waals surface area (Å²) in [6.07, 6.45) is 0. The fourth-order valence-electron chi connectivity index (χ4n) is 2.75. The Balaban J connectivity index is 2.09. The van der Waals surface area contributed by atoms with E-state index >= 15 is 0 Å². The molecule has 0 aliphatic carbocycles. The van der Waals surface area contributed by atoms with Gasteiger partial charge in [-0.1, -0.05) is 39.8 Å². The van der Waals surface area contributed by atoms with E-state index in [4.69, 9.17) is 0 Å². The third-order valence-electron chi connectivity index (χ3n) is 3.93. The summed E-state index contributed by atoms with van der Waals surface area (Å²) in [5, 5.41) is 8.14. The van der Waals surface area contributed by atoms with Gasteiger partial charge in [-0.15, -0.1) is 22.7 Å². The molecule has 0 aliphatic rings. The highest BCUT2D eigenvalue weighted by Gasteiger charge is 2.21. The van der Waals surface area contributed by atoms with Crippen molar-refractivity contribution in [2.45, 2.75) is 33.7 Å². The Hall–Kier alpha value is -0.640. The van der Waals surface area contributed by atoms with Crippen LogP contribution in [0, 0.1) is 17.8 Å². The zero-order valence-corrected chi connectivity index (χ0v) is 14.4. The molecule has 2 rings (SSSR count). The summed E-state index contributed by atoms with van der Waals surface area (Å²) >= 11 is 3.68. The Morgan fingerprint density at radius 2 is 1.40 bits per heavy atom. The second kappa shape index (κ2) is 7.39. The minimum absolute atomic E-state index is 0.356. The van der Waals surface area contributed by atoms with Crippen LogP contribution in [0.2, 0.25) is 0 Å². The highest BCUT2D eigenvalue weighted by Crippen LogP contribution is 2.30. The molecule has 0 aromatic carbocycles. The van der Waals surface area contributed by atoms with Crippen LogP contribution >= 0.6 is 22.7 Å². The molecule has 0 radical (unpaired) electrons. The number of hydrogen-bond acceptors (Lipinski definition) is 3. The molecule has 0 fully saturated rings. The van der Waals surface area contributed by atoms with Gasteiger partial charge < -0.3 is 5.32 Å². The van der Waals surface area contributed by atoms with E-state index < -0.39 is 0 Å². The first-order valence-electron chi connectivity index (χ1n) is 7.39. The average Bonchev–Trinajstić information content (AvgIpc) is 3.06. The molecule has 0 spiro atoms. The van der Waals surface area contributed by atoms with E-state index in [1.807, 2.05) is 22.7 Å². The third kappa shape index (κ3) is 3.94. The number of nitrogens with one attached hydrogen (secondary N) is 1. The Morgan fingerprint density at radius 1 is 0.900 bits per heavy atom. The van der Waals surface area contributed by atoms with Gasteiger partial charge in [0.15, 0.2) is 0 Å². The number of thiophene rings is 2. The third-order valence-corrected chi connectivity index (χ3v) is 5.80. The minimum atomic E-state index is 0.356. The van der Waals surface area contributed by atoms with Gasteiger partial charge in [0, 0.05) is 9.75 Å². The monoisotopic (exact) mass is 307 g/mol. The lowest BCUT2D eigenvalue weighted by molar-refractivity contribution is 0.271. The van der Waals surface area contributed by atoms with E-state index in [-0.39, 0.29) is 0 Å². The fraction of sp³-hybridized carbons (Fsp3) is 0.529. The van der Waals surface area contributed by atoms with Gasteiger partial charge in [-0.25, -0.2) is 0 Å². The summed E-state index contributed by atoms with van der Waals surface area (Å²) in [6.45, 7) is 10.4. The lowest BCUT2D eigenvalue weighted by Gasteiger charge is -2.27. The molecule has 0 saturated heterocycles. The van der Waals surface area contributed by atoms with E-state index in [0.717, 1.165) is 24.3 Å². The summed E-state index contributed by atoms with van der Waals surface area (Å²) in [4.78, 5) is 2.83. The second-order valence-electron chi connectivity index (χ2n) is 6.02. The molecule has 2 aromatic heterocycles. The molecule has 2 heterocycles. The van der Waals surface area contributed by atoms with Gasteiger partial charge in [0.2, 0.25) is 0 Å². The highest BCUT2D eigenvalue weighted by atomic mass is 32.1. The van der Waals surface area contributed by atoms with Crippen LogP contribution in [0.3, 0.4) is 0 Å². The normalized spacial score (nSPS) is 12.2. The predicted octanol–water partition coefficient (Wildman–Crippen LogP) is 5.42. The largest absolute Gasteiger partial charge is 0.305 e. The second-order valence-corrected chi connectivity index (χ2v) is 7.98. The van der Waals surface area contributed by atoms with Crippen molar-refractivity contribution in [2.75, 3.05) is 6.54 Å². The first kappa shape index (κ1) is 15.7. The van der Waals surface area contributed by atoms with Crippen LogP contribution in [0.25, 0.3) is 0 Å². The standard InChI is InChI=1S/C17H25NS2/c1-12(2)14(13(3)4)11-18-17(15-7-5-9-19-15)16-8-6-10-20-16/h5-10,12-14,17-18H,11H2,1-4H3. The Kier molecular flexibility index (Phi) is 5.82. The Bertz CT molecular complexity index is 429. The van der Waals surface area contributed by atoms with Crippen molar-refractivity contribution in [3.63, 3.8) is 0 Å². The van der Waals surface area contributed by atoms with Crippen molar-refractivity contribution in [3.8, 4) is 0 Å². The topological polar surface area (TPSA) is 12.0 Å². The molecular formula is C17H25NS2. The molecule has 20 heavy (non-hydrogen) atoms. The lowest BCUT2D eigenvalue weighted by atomic mass is 9.85. The SMILES string of the molecule is CC(C)C(CNC(c1cccs1)c1cccs1)C(C)C. The van der Waals surface area contributed by atoms with Crippen LogP contribution in [0.4, 0.5) is 0 Å². The summed E-state index contributed by atoms with van der Waals surface area (Å²) in [5.74, 6) is 2.15. The first-order valence-corrected chi connectivity index (χ1v) is 9.15. The maximum Gasteiger partial charge on any atom is 0.0764 e. The van der Waals surface area contributed by atoms with Crippen LogP contribution in [-0.2, 0) is 0 Å². The Labute approximate surface area is 131 Å². The molecule has 0 saturated carbocycles. The van der Waals surface area contributed by atoms with Crippen molar-refractivity contribution in [2.24, 2.45) is 17.8 Å². The van der Waals surface area contributed by atoms with Gasteiger partial charge in [-0.05, 0) is 47.2 Å². The molecular weight excluding hydrogens is 282 g/mol. The average molecular weight is 308 g/mol. The van der Waals surface area contributed by atoms with Crippen LogP contribution in [0.1, 0.15) is 43.5 Å². The summed E-state index contributed by atoms with van der Waals surface area (Å²) in [7, 11) is 0. The minimum Gasteiger partial charge on any atom is -0.305 e. The van der Waals surface area contributed by atoms with Gasteiger partial charge in [-0.2, -0.15) is 0 Å². The van der Waals surface area contributed by atoms with Gasteiger partial charge in [0.05, 0.1) is 6.04 Å². The van der Waals surface area contributed by atoms with Crippen LogP contribution < -0.4 is 5.32 Å². The van der Waals surface area contributed by atoms with E-state index in [2.05, 4.69) is 68.0 Å². The van der Waals surface area contributed by atoms with Crippen molar-refractivity contribution < 1.29 is 0 Å². The lowest BCUT2D eigenvalue weighted by Crippen LogP contribution is -2.32. The van der Waals surface area contributed by atoms with E-state index in [1.165, 1.54) is 9.75 Å². The zero-order chi connectivity index (χ0) is 14.5. The van der Waals surface area contributed by atoms with Gasteiger partial charge in [-0.3, -0.25) is 0 Å². The fourth-order valence-corrected chi connectivity index (χ4v) is 4.46. The molecule has 1 nitrogen and oxygen atoms in total. The summed E-state index contributed by atoms with van der Waals surface area (Å²) in [6, 6.07) is 9.12. The molecule has 0 bridgehead atoms. The number of rotatable bonds is 7. The van der Waals surface area contributed by atoms with E-state index in [9.17, 15) is 0 Å². The van der Waals surface area contributed by atoms with Crippen LogP contribution in [-0.4, -0.2) is 6.54 Å². The molecule has 0 atom stereocenters. The summed E-state index contributed by atoms with van der Waals surface area (Å²) in [5.41, 5.74) is 0. The Morgan fingerprint density at radius 3 is 1.75 bits per heavy atom. The van der Waals surface area contributed by atoms with Crippen molar-refractivity contribution >= 4 is 22.7 Å². The predicted molar refractivity (Wildman–Crippen MR) is 91.6 cm³/mol. The van der Waals surface area contributed by atoms with Crippen molar-refractivity contribution in [1.29, 1.82) is 0 Å². The highest BCUT2D eigenvalue weighted by molar-refractivity contribution is 7.11. The van der Waals surface area contributed by atoms with Gasteiger partial charge in [0.25, 0.3) is 0 Å². The number of hydrogen-bond donors (Lipinski definition) is 1. The maximum atomic E-state index is 3.81. The molecule has 0 aliphatic heterocycles. The smallest absolute Gasteiger partial charge is 0.0764 e. The summed E-state index contributed by atoms with van der Waals surface area (Å²) < 4.78 is 0. The zero-order valence-electron chi connectivity index (χ0n) is 12.8.